The van der Waals surface area contributed by atoms with E-state index in [-0.39, 0.29) is 34.7 Å². The zero-order chi connectivity index (χ0) is 37.2. The summed E-state index contributed by atoms with van der Waals surface area (Å²) in [6.45, 7) is 8.27. The Morgan fingerprint density at radius 3 is 2.54 bits per heavy atom. The number of likely N-dealkylation sites (tertiary alicyclic amines) is 1. The molecule has 5 aromatic rings. The van der Waals surface area contributed by atoms with E-state index in [2.05, 4.69) is 20.0 Å². The summed E-state index contributed by atoms with van der Waals surface area (Å²) in [7, 11) is -4.34. The van der Waals surface area contributed by atoms with Crippen molar-refractivity contribution >= 4 is 38.5 Å². The number of benzene rings is 3. The van der Waals surface area contributed by atoms with Gasteiger partial charge in [-0.15, -0.1) is 0 Å². The van der Waals surface area contributed by atoms with Gasteiger partial charge in [-0.25, -0.2) is 41.3 Å². The largest absolute Gasteiger partial charge is 0.444 e. The molecule has 11 nitrogen and oxygen atoms in total. The van der Waals surface area contributed by atoms with Crippen LogP contribution in [-0.4, -0.2) is 59.1 Å². The summed E-state index contributed by atoms with van der Waals surface area (Å²) < 4.78 is 83.2. The van der Waals surface area contributed by atoms with Crippen LogP contribution in [0.3, 0.4) is 0 Å². The molecule has 15 heteroatoms. The summed E-state index contributed by atoms with van der Waals surface area (Å²) in [4.78, 5) is 27.9. The van der Waals surface area contributed by atoms with Crippen LogP contribution >= 0.6 is 0 Å². The van der Waals surface area contributed by atoms with Gasteiger partial charge in [0.05, 0.1) is 22.7 Å². The average molecular weight is 735 g/mol. The third kappa shape index (κ3) is 8.53. The van der Waals surface area contributed by atoms with E-state index in [9.17, 15) is 22.0 Å². The quantitative estimate of drug-likeness (QED) is 0.155. The van der Waals surface area contributed by atoms with E-state index in [1.807, 2.05) is 20.8 Å². The number of nitrogens with zero attached hydrogens (tertiary/aromatic N) is 4. The Hall–Kier alpha value is -5.44. The molecule has 1 aliphatic heterocycles. The van der Waals surface area contributed by atoms with Crippen LogP contribution < -0.4 is 14.8 Å². The number of hydrogen-bond donors (Lipinski definition) is 2. The van der Waals surface area contributed by atoms with Gasteiger partial charge in [-0.05, 0) is 82.5 Å². The van der Waals surface area contributed by atoms with Crippen LogP contribution in [0.1, 0.15) is 44.7 Å². The number of fused-ring (bicyclic) bond motifs is 1. The maximum atomic E-state index is 15.2. The smallest absolute Gasteiger partial charge is 0.410 e. The van der Waals surface area contributed by atoms with Gasteiger partial charge in [-0.3, -0.25) is 4.72 Å². The highest BCUT2D eigenvalue weighted by Gasteiger charge is 2.28. The van der Waals surface area contributed by atoms with Crippen molar-refractivity contribution in [1.82, 2.24) is 19.9 Å². The Balaban J connectivity index is 1.26. The highest BCUT2D eigenvalue weighted by molar-refractivity contribution is 7.91. The molecule has 1 amide bonds. The van der Waals surface area contributed by atoms with Crippen LogP contribution in [0.2, 0.25) is 0 Å². The van der Waals surface area contributed by atoms with E-state index in [1.165, 1.54) is 6.07 Å². The molecule has 1 aliphatic rings. The standard InChI is InChI=1S/C37H37F3N6O5S/c1-22-9-12-26-27(13-14-29(39)32(26)45-52(48,49)21-23-10-11-24(38)19-30(23)40)33(22)50-34-28(8-5-16-41-34)31-15-17-42-35(44-31)43-25-7-6-18-46(20-25)36(47)51-37(2,3)4/h5,8-17,19,25,45H,6-7,18,20-21H2,1-4H3,(H,42,43,44). The predicted octanol–water partition coefficient (Wildman–Crippen LogP) is 7.96. The average Bonchev–Trinajstić information content (AvgIpc) is 3.08. The predicted molar refractivity (Wildman–Crippen MR) is 191 cm³/mol. The van der Waals surface area contributed by atoms with Gasteiger partial charge in [0.25, 0.3) is 0 Å². The monoisotopic (exact) mass is 734 g/mol. The van der Waals surface area contributed by atoms with Crippen molar-refractivity contribution in [3.8, 4) is 22.9 Å². The molecule has 0 aliphatic carbocycles. The first-order valence-electron chi connectivity index (χ1n) is 16.5. The van der Waals surface area contributed by atoms with E-state index in [1.54, 1.807) is 54.5 Å². The van der Waals surface area contributed by atoms with Crippen molar-refractivity contribution in [3.63, 3.8) is 0 Å². The summed E-state index contributed by atoms with van der Waals surface area (Å²) in [5, 5.41) is 3.89. The van der Waals surface area contributed by atoms with Crippen LogP contribution in [0.25, 0.3) is 22.0 Å². The molecule has 3 heterocycles. The second-order valence-corrected chi connectivity index (χ2v) is 15.2. The molecule has 0 bridgehead atoms. The number of amides is 1. The molecule has 2 aromatic heterocycles. The van der Waals surface area contributed by atoms with Crippen molar-refractivity contribution in [1.29, 1.82) is 0 Å². The van der Waals surface area contributed by atoms with Gasteiger partial charge in [0.1, 0.15) is 28.8 Å². The first-order valence-corrected chi connectivity index (χ1v) is 18.2. The third-order valence-electron chi connectivity index (χ3n) is 8.22. The lowest BCUT2D eigenvalue weighted by atomic mass is 10.0. The van der Waals surface area contributed by atoms with Gasteiger partial charge in [-0.2, -0.15) is 0 Å². The maximum Gasteiger partial charge on any atom is 0.410 e. The van der Waals surface area contributed by atoms with E-state index in [0.717, 1.165) is 31.0 Å². The number of hydrogen-bond acceptors (Lipinski definition) is 9. The van der Waals surface area contributed by atoms with Crippen LogP contribution in [0.5, 0.6) is 11.6 Å². The lowest BCUT2D eigenvalue weighted by molar-refractivity contribution is 0.0206. The van der Waals surface area contributed by atoms with Crippen molar-refractivity contribution < 1.29 is 35.9 Å². The van der Waals surface area contributed by atoms with Crippen molar-refractivity contribution in [2.45, 2.75) is 57.9 Å². The lowest BCUT2D eigenvalue weighted by Crippen LogP contribution is -2.47. The molecule has 1 fully saturated rings. The first kappa shape index (κ1) is 36.4. The first-order chi connectivity index (χ1) is 24.7. The number of sulfonamides is 1. The van der Waals surface area contributed by atoms with Crippen LogP contribution in [0.15, 0.2) is 73.1 Å². The zero-order valence-electron chi connectivity index (χ0n) is 28.9. The van der Waals surface area contributed by atoms with Gasteiger partial charge in [0, 0.05) is 53.9 Å². The summed E-state index contributed by atoms with van der Waals surface area (Å²) in [5.74, 6) is -2.79. The summed E-state index contributed by atoms with van der Waals surface area (Å²) in [6, 6.07) is 13.4. The van der Waals surface area contributed by atoms with Crippen molar-refractivity contribution in [2.75, 3.05) is 23.1 Å². The van der Waals surface area contributed by atoms with Crippen molar-refractivity contribution in [2.24, 2.45) is 0 Å². The van der Waals surface area contributed by atoms with E-state index in [0.29, 0.717) is 53.1 Å². The number of rotatable bonds is 9. The molecule has 1 unspecified atom stereocenters. The van der Waals surface area contributed by atoms with Crippen molar-refractivity contribution in [3.05, 3.63) is 102 Å². The fraction of sp³-hybridized carbons (Fsp3) is 0.297. The number of ether oxygens (including phenoxy) is 2. The summed E-state index contributed by atoms with van der Waals surface area (Å²) in [5.41, 5.74) is 0.424. The minimum atomic E-state index is -4.34. The molecular formula is C37H37F3N6O5S. The summed E-state index contributed by atoms with van der Waals surface area (Å²) >= 11 is 0. The van der Waals surface area contributed by atoms with Gasteiger partial charge < -0.3 is 19.7 Å². The highest BCUT2D eigenvalue weighted by Crippen LogP contribution is 2.40. The van der Waals surface area contributed by atoms with Gasteiger partial charge in [-0.1, -0.05) is 18.2 Å². The Morgan fingerprint density at radius 1 is 0.981 bits per heavy atom. The Kier molecular flexibility index (Phi) is 10.2. The second kappa shape index (κ2) is 14.7. The number of pyridine rings is 1. The maximum absolute atomic E-state index is 15.2. The number of nitrogens with one attached hydrogen (secondary N) is 2. The summed E-state index contributed by atoms with van der Waals surface area (Å²) in [6.07, 6.45) is 4.35. The van der Waals surface area contributed by atoms with Crippen LogP contribution in [0, 0.1) is 24.4 Å². The topological polar surface area (TPSA) is 136 Å². The molecule has 2 N–H and O–H groups in total. The SMILES string of the molecule is Cc1ccc2c(NS(=O)(=O)Cc3ccc(F)cc3F)c(F)ccc2c1Oc1ncccc1-c1ccnc(NC2CCCN(C(=O)OC(C)(C)C)C2)n1. The molecule has 0 spiro atoms. The number of carbonyl (C=O) groups excluding carboxylic acids is 1. The molecular weight excluding hydrogens is 698 g/mol. The number of carbonyl (C=O) groups is 1. The molecule has 52 heavy (non-hydrogen) atoms. The molecule has 272 valence electrons. The van der Waals surface area contributed by atoms with Gasteiger partial charge in [0.2, 0.25) is 21.9 Å². The zero-order valence-corrected chi connectivity index (χ0v) is 29.7. The number of anilines is 2. The lowest BCUT2D eigenvalue weighted by Gasteiger charge is -2.34. The normalized spacial score (nSPS) is 15.0. The Labute approximate surface area is 299 Å². The molecule has 1 saturated heterocycles. The number of aromatic nitrogens is 3. The number of halogens is 3. The molecule has 6 rings (SSSR count). The molecule has 0 radical (unpaired) electrons. The van der Waals surface area contributed by atoms with E-state index >= 15 is 4.39 Å². The fourth-order valence-corrected chi connectivity index (χ4v) is 7.08. The van der Waals surface area contributed by atoms with Crippen LogP contribution in [-0.2, 0) is 20.5 Å². The van der Waals surface area contributed by atoms with Crippen LogP contribution in [0.4, 0.5) is 29.6 Å². The molecule has 1 atom stereocenters. The molecule has 0 saturated carbocycles. The minimum absolute atomic E-state index is 0.110. The minimum Gasteiger partial charge on any atom is -0.444 e. The highest BCUT2D eigenvalue weighted by atomic mass is 32.2. The Morgan fingerprint density at radius 2 is 1.77 bits per heavy atom. The van der Waals surface area contributed by atoms with E-state index < -0.39 is 38.8 Å². The molecule has 3 aromatic carbocycles. The number of aryl methyl sites for hydroxylation is 1. The van der Waals surface area contributed by atoms with E-state index in [4.69, 9.17) is 14.5 Å². The third-order valence-corrected chi connectivity index (χ3v) is 9.43. The second-order valence-electron chi connectivity index (χ2n) is 13.5. The number of piperidine rings is 1. The fourth-order valence-electron chi connectivity index (χ4n) is 5.85. The van der Waals surface area contributed by atoms with Gasteiger partial charge in [0.15, 0.2) is 0 Å². The Bertz CT molecular complexity index is 2250. The van der Waals surface area contributed by atoms with Gasteiger partial charge >= 0.3 is 6.09 Å².